The predicted octanol–water partition coefficient (Wildman–Crippen LogP) is 3.51. The van der Waals surface area contributed by atoms with Crippen LogP contribution in [0.5, 0.6) is 0 Å². The summed E-state index contributed by atoms with van der Waals surface area (Å²) in [7, 11) is 0. The van der Waals surface area contributed by atoms with Crippen LogP contribution in [0.2, 0.25) is 5.02 Å². The number of halogens is 1. The van der Waals surface area contributed by atoms with Gasteiger partial charge in [0.25, 0.3) is 0 Å². The molecule has 26 heavy (non-hydrogen) atoms. The van der Waals surface area contributed by atoms with Crippen LogP contribution in [0.3, 0.4) is 0 Å². The highest BCUT2D eigenvalue weighted by molar-refractivity contribution is 7.99. The van der Waals surface area contributed by atoms with Crippen LogP contribution in [0.1, 0.15) is 16.8 Å². The molecular weight excluding hydrogens is 392 g/mol. The Morgan fingerprint density at radius 2 is 1.96 bits per heavy atom. The van der Waals surface area contributed by atoms with E-state index < -0.39 is 5.91 Å². The number of thioether (sulfide) groups is 1. The molecule has 0 saturated heterocycles. The van der Waals surface area contributed by atoms with Gasteiger partial charge in [-0.25, -0.2) is 0 Å². The number of hydrogen-bond donors (Lipinski definition) is 1. The van der Waals surface area contributed by atoms with E-state index in [4.69, 9.17) is 17.3 Å². The molecule has 2 heterocycles. The average Bonchev–Trinajstić information content (AvgIpc) is 3.27. The fourth-order valence-electron chi connectivity index (χ4n) is 2.26. The molecule has 0 atom stereocenters. The van der Waals surface area contributed by atoms with Crippen molar-refractivity contribution in [2.24, 2.45) is 5.73 Å². The summed E-state index contributed by atoms with van der Waals surface area (Å²) in [6, 6.07) is 10.6. The van der Waals surface area contributed by atoms with E-state index in [9.17, 15) is 9.59 Å². The van der Waals surface area contributed by atoms with Gasteiger partial charge in [0.1, 0.15) is 0 Å². The van der Waals surface area contributed by atoms with Gasteiger partial charge in [-0.1, -0.05) is 29.4 Å². The highest BCUT2D eigenvalue weighted by Crippen LogP contribution is 2.28. The minimum atomic E-state index is -0.399. The molecule has 3 aromatic rings. The Morgan fingerprint density at radius 1 is 1.19 bits per heavy atom. The number of Topliss-reactive ketones (excluding diaryl/α,β-unsaturated/α-hetero) is 1. The van der Waals surface area contributed by atoms with Crippen molar-refractivity contribution < 1.29 is 9.59 Å². The largest absolute Gasteiger partial charge is 0.370 e. The zero-order chi connectivity index (χ0) is 18.5. The Bertz CT molecular complexity index is 908. The van der Waals surface area contributed by atoms with Gasteiger partial charge in [-0.15, -0.1) is 21.5 Å². The Morgan fingerprint density at radius 3 is 2.62 bits per heavy atom. The summed E-state index contributed by atoms with van der Waals surface area (Å²) in [6.07, 6.45) is 0.176. The lowest BCUT2D eigenvalue weighted by Crippen LogP contribution is -2.15. The number of carbonyl (C=O) groups is 2. The summed E-state index contributed by atoms with van der Waals surface area (Å²) < 4.78 is 1.83. The number of carbonyl (C=O) groups excluding carboxylic acids is 2. The number of amides is 1. The molecule has 2 N–H and O–H groups in total. The summed E-state index contributed by atoms with van der Waals surface area (Å²) >= 11 is 8.66. The van der Waals surface area contributed by atoms with E-state index in [2.05, 4.69) is 10.2 Å². The second-order valence-corrected chi connectivity index (χ2v) is 7.70. The summed E-state index contributed by atoms with van der Waals surface area (Å²) in [5.41, 5.74) is 5.86. The van der Waals surface area contributed by atoms with E-state index >= 15 is 0 Å². The zero-order valence-electron chi connectivity index (χ0n) is 13.6. The first-order valence-electron chi connectivity index (χ1n) is 7.71. The molecule has 0 saturated carbocycles. The third kappa shape index (κ3) is 4.51. The standard InChI is InChI=1S/C17H15ClN4O2S2/c18-12-5-3-11(4-6-12)13(23)10-26-17-21-20-16(14-2-1-9-25-14)22(17)8-7-15(19)24/h1-6,9H,7-8,10H2,(H2,19,24). The average molecular weight is 407 g/mol. The van der Waals surface area contributed by atoms with E-state index in [0.717, 1.165) is 4.88 Å². The Kier molecular flexibility index (Phi) is 6.08. The van der Waals surface area contributed by atoms with Gasteiger partial charge in [0, 0.05) is 23.6 Å². The molecule has 0 aliphatic rings. The van der Waals surface area contributed by atoms with Crippen LogP contribution in [0, 0.1) is 0 Å². The van der Waals surface area contributed by atoms with Gasteiger partial charge in [-0.2, -0.15) is 0 Å². The van der Waals surface area contributed by atoms with Crippen LogP contribution in [-0.4, -0.2) is 32.2 Å². The monoisotopic (exact) mass is 406 g/mol. The summed E-state index contributed by atoms with van der Waals surface area (Å²) in [4.78, 5) is 24.5. The molecule has 6 nitrogen and oxygen atoms in total. The Labute approximate surface area is 163 Å². The van der Waals surface area contributed by atoms with Gasteiger partial charge < -0.3 is 10.3 Å². The van der Waals surface area contributed by atoms with Crippen LogP contribution in [-0.2, 0) is 11.3 Å². The minimum absolute atomic E-state index is 0.0335. The van der Waals surface area contributed by atoms with Gasteiger partial charge in [0.15, 0.2) is 16.8 Å². The van der Waals surface area contributed by atoms with Crippen LogP contribution in [0.25, 0.3) is 10.7 Å². The Balaban J connectivity index is 1.77. The molecule has 0 aliphatic carbocycles. The molecule has 2 aromatic heterocycles. The highest BCUT2D eigenvalue weighted by atomic mass is 35.5. The molecule has 0 bridgehead atoms. The summed E-state index contributed by atoms with van der Waals surface area (Å²) in [6.45, 7) is 0.368. The molecule has 134 valence electrons. The second kappa shape index (κ2) is 8.48. The first-order chi connectivity index (χ1) is 12.5. The minimum Gasteiger partial charge on any atom is -0.370 e. The molecule has 3 rings (SSSR count). The third-order valence-corrected chi connectivity index (χ3v) is 5.62. The number of thiophene rings is 1. The molecule has 0 fully saturated rings. The predicted molar refractivity (Wildman–Crippen MR) is 104 cm³/mol. The molecule has 0 aliphatic heterocycles. The van der Waals surface area contributed by atoms with Crippen molar-refractivity contribution in [3.8, 4) is 10.7 Å². The maximum absolute atomic E-state index is 12.3. The van der Waals surface area contributed by atoms with Crippen LogP contribution in [0.4, 0.5) is 0 Å². The van der Waals surface area contributed by atoms with E-state index in [1.54, 1.807) is 24.3 Å². The van der Waals surface area contributed by atoms with Crippen molar-refractivity contribution in [2.75, 3.05) is 5.75 Å². The molecule has 1 amide bonds. The van der Waals surface area contributed by atoms with Gasteiger partial charge in [-0.3, -0.25) is 9.59 Å². The lowest BCUT2D eigenvalue weighted by molar-refractivity contribution is -0.118. The number of nitrogens with zero attached hydrogens (tertiary/aromatic N) is 3. The fourth-order valence-corrected chi connectivity index (χ4v) is 3.96. The molecular formula is C17H15ClN4O2S2. The lowest BCUT2D eigenvalue weighted by Gasteiger charge is -2.08. The van der Waals surface area contributed by atoms with E-state index in [1.165, 1.54) is 23.1 Å². The highest BCUT2D eigenvalue weighted by Gasteiger charge is 2.17. The maximum Gasteiger partial charge on any atom is 0.219 e. The second-order valence-electron chi connectivity index (χ2n) is 5.37. The van der Waals surface area contributed by atoms with Crippen molar-refractivity contribution in [3.63, 3.8) is 0 Å². The van der Waals surface area contributed by atoms with Crippen molar-refractivity contribution in [1.82, 2.24) is 14.8 Å². The zero-order valence-corrected chi connectivity index (χ0v) is 16.0. The molecule has 9 heteroatoms. The molecule has 0 unspecified atom stereocenters. The molecule has 0 radical (unpaired) electrons. The number of benzene rings is 1. The van der Waals surface area contributed by atoms with E-state index in [1.807, 2.05) is 22.1 Å². The quantitative estimate of drug-likeness (QED) is 0.456. The lowest BCUT2D eigenvalue weighted by atomic mass is 10.1. The van der Waals surface area contributed by atoms with Gasteiger partial charge in [0.2, 0.25) is 5.91 Å². The fraction of sp³-hybridized carbons (Fsp3) is 0.176. The van der Waals surface area contributed by atoms with Crippen LogP contribution >= 0.6 is 34.7 Å². The van der Waals surface area contributed by atoms with Gasteiger partial charge in [-0.05, 0) is 35.7 Å². The van der Waals surface area contributed by atoms with Crippen LogP contribution < -0.4 is 5.73 Å². The number of nitrogens with two attached hydrogens (primary N) is 1. The van der Waals surface area contributed by atoms with Crippen LogP contribution in [0.15, 0.2) is 46.9 Å². The number of primary amides is 1. The molecule has 1 aromatic carbocycles. The first kappa shape index (κ1) is 18.6. The maximum atomic E-state index is 12.3. The van der Waals surface area contributed by atoms with Crippen molar-refractivity contribution >= 4 is 46.4 Å². The first-order valence-corrected chi connectivity index (χ1v) is 9.96. The van der Waals surface area contributed by atoms with E-state index in [0.29, 0.717) is 28.1 Å². The number of ketones is 1. The SMILES string of the molecule is NC(=O)CCn1c(SCC(=O)c2ccc(Cl)cc2)nnc1-c1cccs1. The van der Waals surface area contributed by atoms with Gasteiger partial charge in [0.05, 0.1) is 10.6 Å². The number of rotatable bonds is 8. The molecule has 0 spiro atoms. The Hall–Kier alpha value is -2.16. The number of aromatic nitrogens is 3. The van der Waals surface area contributed by atoms with Crippen molar-refractivity contribution in [3.05, 3.63) is 52.4 Å². The van der Waals surface area contributed by atoms with Crippen molar-refractivity contribution in [2.45, 2.75) is 18.1 Å². The number of hydrogen-bond acceptors (Lipinski definition) is 6. The van der Waals surface area contributed by atoms with Crippen molar-refractivity contribution in [1.29, 1.82) is 0 Å². The summed E-state index contributed by atoms with van der Waals surface area (Å²) in [5.74, 6) is 0.446. The summed E-state index contributed by atoms with van der Waals surface area (Å²) in [5, 5.41) is 11.5. The smallest absolute Gasteiger partial charge is 0.219 e. The third-order valence-electron chi connectivity index (χ3n) is 3.54. The topological polar surface area (TPSA) is 90.9 Å². The normalized spacial score (nSPS) is 10.8. The van der Waals surface area contributed by atoms with E-state index in [-0.39, 0.29) is 18.0 Å². The van der Waals surface area contributed by atoms with Gasteiger partial charge >= 0.3 is 0 Å².